The summed E-state index contributed by atoms with van der Waals surface area (Å²) >= 11 is 0. The molecule has 0 spiro atoms. The second-order valence-corrected chi connectivity index (χ2v) is 13.6. The van der Waals surface area contributed by atoms with Crippen LogP contribution in [0.5, 0.6) is 0 Å². The van der Waals surface area contributed by atoms with Gasteiger partial charge in [0.05, 0.1) is 23.8 Å². The lowest BCUT2D eigenvalue weighted by molar-refractivity contribution is -0.666. The SMILES string of the molecule is COC(C)(C)CC(C)(C#N)N=NC(C)(C#N)CC(C)(C[N+](=NC(C)(C#N)CC(C)C)C(C)(C#N)CC(C)C)OC. The zero-order chi connectivity index (χ0) is 31.6. The second-order valence-electron chi connectivity index (χ2n) is 13.6. The first kappa shape index (κ1) is 37.1. The van der Waals surface area contributed by atoms with Crippen LogP contribution in [0.4, 0.5) is 0 Å². The van der Waals surface area contributed by atoms with Gasteiger partial charge < -0.3 is 9.47 Å². The number of nitrogens with zero attached hydrogens (tertiary/aromatic N) is 8. The molecule has 0 aromatic heterocycles. The molecule has 0 aromatic rings. The predicted molar refractivity (Wildman–Crippen MR) is 153 cm³/mol. The Morgan fingerprint density at radius 2 is 1.10 bits per heavy atom. The quantitative estimate of drug-likeness (QED) is 0.152. The Morgan fingerprint density at radius 3 is 1.45 bits per heavy atom. The zero-order valence-corrected chi connectivity index (χ0v) is 27.1. The van der Waals surface area contributed by atoms with Crippen molar-refractivity contribution in [2.24, 2.45) is 27.2 Å². The zero-order valence-electron chi connectivity index (χ0n) is 27.1. The van der Waals surface area contributed by atoms with Gasteiger partial charge in [-0.1, -0.05) is 27.7 Å². The predicted octanol–water partition coefficient (Wildman–Crippen LogP) is 6.73. The molecule has 0 aliphatic heterocycles. The lowest BCUT2D eigenvalue weighted by Gasteiger charge is -2.33. The van der Waals surface area contributed by atoms with Gasteiger partial charge >= 0.3 is 0 Å². The van der Waals surface area contributed by atoms with E-state index in [1.165, 1.54) is 7.11 Å². The van der Waals surface area contributed by atoms with Crippen LogP contribution in [0.25, 0.3) is 0 Å². The van der Waals surface area contributed by atoms with Gasteiger partial charge in [0.15, 0.2) is 17.6 Å². The van der Waals surface area contributed by atoms with E-state index in [0.29, 0.717) is 12.8 Å². The molecule has 0 radical (unpaired) electrons. The van der Waals surface area contributed by atoms with Crippen molar-refractivity contribution in [3.8, 4) is 24.3 Å². The van der Waals surface area contributed by atoms with E-state index in [1.807, 2.05) is 55.4 Å². The molecule has 0 saturated carbocycles. The summed E-state index contributed by atoms with van der Waals surface area (Å²) in [5.74, 6) is 0.398. The third-order valence-corrected chi connectivity index (χ3v) is 7.00. The lowest BCUT2D eigenvalue weighted by Crippen LogP contribution is -2.50. The van der Waals surface area contributed by atoms with Crippen LogP contribution >= 0.6 is 0 Å². The molecule has 0 N–H and O–H groups in total. The number of methoxy groups -OCH3 is 2. The molecule has 10 nitrogen and oxygen atoms in total. The molecule has 10 heteroatoms. The van der Waals surface area contributed by atoms with Gasteiger partial charge in [0, 0.05) is 40.4 Å². The minimum absolute atomic E-state index is 0.105. The van der Waals surface area contributed by atoms with Gasteiger partial charge in [0.25, 0.3) is 5.54 Å². The number of rotatable bonds is 16. The van der Waals surface area contributed by atoms with Crippen molar-refractivity contribution < 1.29 is 14.2 Å². The maximum atomic E-state index is 10.3. The number of ether oxygens (including phenoxy) is 2. The number of hydrogen-bond donors (Lipinski definition) is 0. The highest BCUT2D eigenvalue weighted by Gasteiger charge is 2.48. The van der Waals surface area contributed by atoms with Gasteiger partial charge in [-0.3, -0.25) is 0 Å². The molecule has 0 aliphatic rings. The average molecular weight is 556 g/mol. The molecular weight excluding hydrogens is 504 g/mol. The summed E-state index contributed by atoms with van der Waals surface area (Å²) in [6.45, 7) is 20.7. The average Bonchev–Trinajstić information content (AvgIpc) is 2.86. The van der Waals surface area contributed by atoms with Crippen LogP contribution in [0.15, 0.2) is 15.3 Å². The summed E-state index contributed by atoms with van der Waals surface area (Å²) in [5, 5.41) is 54.0. The minimum Gasteiger partial charge on any atom is -0.379 e. The fourth-order valence-corrected chi connectivity index (χ4v) is 5.05. The van der Waals surface area contributed by atoms with Crippen LogP contribution < -0.4 is 0 Å². The van der Waals surface area contributed by atoms with Crippen LogP contribution in [0, 0.1) is 57.2 Å². The van der Waals surface area contributed by atoms with Crippen molar-refractivity contribution in [1.29, 1.82) is 21.0 Å². The Hall–Kier alpha value is -2.92. The van der Waals surface area contributed by atoms with E-state index in [4.69, 9.17) is 14.6 Å². The van der Waals surface area contributed by atoms with Gasteiger partial charge in [0.2, 0.25) is 5.54 Å². The number of azo groups is 3. The van der Waals surface area contributed by atoms with Crippen molar-refractivity contribution in [2.75, 3.05) is 20.8 Å². The summed E-state index contributed by atoms with van der Waals surface area (Å²) < 4.78 is 13.1. The normalized spacial score (nSPS) is 20.2. The Bertz CT molecular complexity index is 1090. The van der Waals surface area contributed by atoms with Gasteiger partial charge in [-0.2, -0.15) is 31.3 Å². The van der Waals surface area contributed by atoms with Crippen LogP contribution in [-0.4, -0.2) is 58.8 Å². The van der Waals surface area contributed by atoms with Crippen molar-refractivity contribution in [2.45, 2.75) is 135 Å². The Balaban J connectivity index is 6.73. The van der Waals surface area contributed by atoms with E-state index in [1.54, 1.807) is 32.6 Å². The monoisotopic (exact) mass is 555 g/mol. The van der Waals surface area contributed by atoms with Gasteiger partial charge in [-0.25, -0.2) is 0 Å². The second kappa shape index (κ2) is 14.1. The third-order valence-electron chi connectivity index (χ3n) is 7.00. The summed E-state index contributed by atoms with van der Waals surface area (Å²) in [5.41, 5.74) is -6.26. The topological polar surface area (TPSA) is 154 Å². The Labute approximate surface area is 242 Å². The maximum absolute atomic E-state index is 10.3. The molecule has 0 aliphatic carbocycles. The molecule has 40 heavy (non-hydrogen) atoms. The minimum atomic E-state index is -1.34. The van der Waals surface area contributed by atoms with Gasteiger partial charge in [0.1, 0.15) is 11.7 Å². The van der Waals surface area contributed by atoms with E-state index in [0.717, 1.165) is 0 Å². The van der Waals surface area contributed by atoms with Crippen LogP contribution in [-0.2, 0) is 9.47 Å². The highest BCUT2D eigenvalue weighted by molar-refractivity contribution is 5.11. The van der Waals surface area contributed by atoms with Crippen LogP contribution in [0.1, 0.15) is 102 Å². The van der Waals surface area contributed by atoms with E-state index < -0.39 is 33.4 Å². The third kappa shape index (κ3) is 11.3. The molecule has 5 unspecified atom stereocenters. The largest absolute Gasteiger partial charge is 0.379 e. The molecular formula is C30H51N8O2+. The summed E-state index contributed by atoms with van der Waals surface area (Å²) in [6, 6.07) is 9.20. The smallest absolute Gasteiger partial charge is 0.269 e. The molecule has 0 saturated heterocycles. The van der Waals surface area contributed by atoms with Crippen molar-refractivity contribution in [3.05, 3.63) is 0 Å². The van der Waals surface area contributed by atoms with E-state index in [-0.39, 0.29) is 31.2 Å². The fraction of sp³-hybridized carbons (Fsp3) is 0.867. The van der Waals surface area contributed by atoms with Crippen LogP contribution in [0.2, 0.25) is 0 Å². The van der Waals surface area contributed by atoms with Crippen molar-refractivity contribution in [3.63, 3.8) is 0 Å². The molecule has 0 fully saturated rings. The van der Waals surface area contributed by atoms with E-state index in [2.05, 4.69) is 34.5 Å². The summed E-state index contributed by atoms with van der Waals surface area (Å²) in [4.78, 5) is 0. The molecule has 222 valence electrons. The first-order valence-electron chi connectivity index (χ1n) is 13.8. The van der Waals surface area contributed by atoms with E-state index in [9.17, 15) is 21.0 Å². The number of nitriles is 4. The molecule has 0 amide bonds. The first-order chi connectivity index (χ1) is 18.1. The van der Waals surface area contributed by atoms with Gasteiger partial charge in [-0.05, 0) is 64.9 Å². The highest BCUT2D eigenvalue weighted by Crippen LogP contribution is 2.34. The standard InChI is InChI=1S/C30H51N8O2/c1-23(2)14-26(7,18-31)37-38(29(10,21-34)15-24(3)4)22-30(11,40-13)17-28(9,20-33)36-35-27(8,19-32)16-25(5,6)39-12/h23-24H,14-17,22H2,1-13H3/q+1. The molecule has 0 bridgehead atoms. The molecule has 5 atom stereocenters. The fourth-order valence-electron chi connectivity index (χ4n) is 5.05. The summed E-state index contributed by atoms with van der Waals surface area (Å²) in [7, 11) is 3.11. The number of hydrogen-bond acceptors (Lipinski definition) is 9. The first-order valence-corrected chi connectivity index (χ1v) is 13.8. The molecule has 0 rings (SSSR count). The lowest BCUT2D eigenvalue weighted by atomic mass is 9.85. The molecule has 0 aromatic carbocycles. The van der Waals surface area contributed by atoms with Crippen molar-refractivity contribution in [1.82, 2.24) is 0 Å². The Kier molecular flexibility index (Phi) is 13.1. The summed E-state index contributed by atoms with van der Waals surface area (Å²) in [6.07, 6.45) is 1.42. The van der Waals surface area contributed by atoms with E-state index >= 15 is 0 Å². The van der Waals surface area contributed by atoms with Gasteiger partial charge in [-0.15, -0.1) is 4.70 Å². The maximum Gasteiger partial charge on any atom is 0.269 e. The highest BCUT2D eigenvalue weighted by atomic mass is 16.5. The molecule has 0 heterocycles. The van der Waals surface area contributed by atoms with Crippen molar-refractivity contribution >= 4 is 0 Å². The Morgan fingerprint density at radius 1 is 0.650 bits per heavy atom. The van der Waals surface area contributed by atoms with Crippen LogP contribution in [0.3, 0.4) is 0 Å².